The van der Waals surface area contributed by atoms with Crippen LogP contribution in [0.4, 0.5) is 5.69 Å². The maximum atomic E-state index is 12.5. The highest BCUT2D eigenvalue weighted by molar-refractivity contribution is 7.92. The van der Waals surface area contributed by atoms with Crippen molar-refractivity contribution in [2.24, 2.45) is 0 Å². The Morgan fingerprint density at radius 3 is 2.34 bits per heavy atom. The number of sulfonamides is 1. The van der Waals surface area contributed by atoms with Gasteiger partial charge in [-0.1, -0.05) is 24.3 Å². The first-order chi connectivity index (χ1) is 15.2. The average Bonchev–Trinajstić information content (AvgIpc) is 2.72. The van der Waals surface area contributed by atoms with Gasteiger partial charge in [0.05, 0.1) is 31.2 Å². The van der Waals surface area contributed by atoms with Gasteiger partial charge in [-0.25, -0.2) is 8.42 Å². The molecular weight excluding hydrogens is 428 g/mol. The summed E-state index contributed by atoms with van der Waals surface area (Å²) < 4.78 is 37.2. The Morgan fingerprint density at radius 2 is 1.72 bits per heavy atom. The quantitative estimate of drug-likeness (QED) is 0.511. The topological polar surface area (TPSA) is 84.9 Å². The van der Waals surface area contributed by atoms with Crippen molar-refractivity contribution in [1.29, 1.82) is 0 Å². The number of hydrogen-bond acceptors (Lipinski definition) is 5. The number of amides is 1. The number of carbonyl (C=O) groups excluding carboxylic acids is 1. The zero-order valence-corrected chi connectivity index (χ0v) is 20.4. The van der Waals surface area contributed by atoms with E-state index in [-0.39, 0.29) is 24.9 Å². The minimum absolute atomic E-state index is 0.137. The fraction of sp³-hybridized carbons (Fsp3) is 0.458. The van der Waals surface area contributed by atoms with E-state index in [0.717, 1.165) is 11.1 Å². The molecule has 32 heavy (non-hydrogen) atoms. The third-order valence-electron chi connectivity index (χ3n) is 4.99. The monoisotopic (exact) mass is 462 g/mol. The van der Waals surface area contributed by atoms with Crippen LogP contribution in [0.1, 0.15) is 50.8 Å². The molecule has 2 aromatic rings. The second-order valence-electron chi connectivity index (χ2n) is 7.59. The van der Waals surface area contributed by atoms with Gasteiger partial charge in [-0.15, -0.1) is 0 Å². The van der Waals surface area contributed by atoms with Crippen molar-refractivity contribution < 1.29 is 22.7 Å². The maximum absolute atomic E-state index is 12.5. The van der Waals surface area contributed by atoms with E-state index in [4.69, 9.17) is 9.47 Å². The number of nitrogens with zero attached hydrogens (tertiary/aromatic N) is 1. The Morgan fingerprint density at radius 1 is 1.06 bits per heavy atom. The smallest absolute Gasteiger partial charge is 0.232 e. The van der Waals surface area contributed by atoms with Crippen molar-refractivity contribution in [2.75, 3.05) is 30.3 Å². The summed E-state index contributed by atoms with van der Waals surface area (Å²) in [6.45, 7) is 8.89. The molecule has 176 valence electrons. The van der Waals surface area contributed by atoms with Crippen LogP contribution in [0.5, 0.6) is 11.5 Å². The lowest BCUT2D eigenvalue weighted by molar-refractivity contribution is -0.121. The molecule has 1 atom stereocenters. The number of hydrogen-bond donors (Lipinski definition) is 1. The second kappa shape index (κ2) is 11.8. The molecule has 0 heterocycles. The predicted molar refractivity (Wildman–Crippen MR) is 128 cm³/mol. The molecule has 0 aliphatic rings. The van der Waals surface area contributed by atoms with Crippen LogP contribution in [-0.4, -0.2) is 40.3 Å². The van der Waals surface area contributed by atoms with Gasteiger partial charge in [0.25, 0.3) is 0 Å². The summed E-state index contributed by atoms with van der Waals surface area (Å²) in [6, 6.07) is 12.7. The van der Waals surface area contributed by atoms with E-state index >= 15 is 0 Å². The van der Waals surface area contributed by atoms with Gasteiger partial charge in [0, 0.05) is 13.0 Å². The molecule has 2 rings (SSSR count). The van der Waals surface area contributed by atoms with E-state index in [1.807, 2.05) is 64.1 Å². The summed E-state index contributed by atoms with van der Waals surface area (Å²) in [4.78, 5) is 12.5. The van der Waals surface area contributed by atoms with Crippen molar-refractivity contribution in [2.45, 2.75) is 46.6 Å². The van der Waals surface area contributed by atoms with Crippen LogP contribution >= 0.6 is 0 Å². The Kier molecular flexibility index (Phi) is 9.38. The normalized spacial score (nSPS) is 12.2. The molecule has 0 saturated heterocycles. The number of ether oxygens (including phenoxy) is 2. The van der Waals surface area contributed by atoms with E-state index in [2.05, 4.69) is 5.32 Å². The molecule has 0 fully saturated rings. The van der Waals surface area contributed by atoms with Gasteiger partial charge < -0.3 is 14.8 Å². The van der Waals surface area contributed by atoms with Crippen molar-refractivity contribution in [1.82, 2.24) is 5.32 Å². The van der Waals surface area contributed by atoms with Crippen LogP contribution in [0.25, 0.3) is 0 Å². The highest BCUT2D eigenvalue weighted by Gasteiger charge is 2.19. The molecule has 8 heteroatoms. The van der Waals surface area contributed by atoms with E-state index in [9.17, 15) is 13.2 Å². The van der Waals surface area contributed by atoms with Gasteiger partial charge >= 0.3 is 0 Å². The lowest BCUT2D eigenvalue weighted by atomic mass is 10.1. The van der Waals surface area contributed by atoms with Gasteiger partial charge in [0.2, 0.25) is 15.9 Å². The van der Waals surface area contributed by atoms with Crippen molar-refractivity contribution in [3.8, 4) is 11.5 Å². The largest absolute Gasteiger partial charge is 0.490 e. The van der Waals surface area contributed by atoms with Crippen LogP contribution in [0.2, 0.25) is 0 Å². The van der Waals surface area contributed by atoms with Crippen molar-refractivity contribution in [3.05, 3.63) is 53.6 Å². The summed E-state index contributed by atoms with van der Waals surface area (Å²) in [7, 11) is -3.45. The van der Waals surface area contributed by atoms with E-state index < -0.39 is 10.0 Å². The lowest BCUT2D eigenvalue weighted by Gasteiger charge is -2.24. The molecule has 0 bridgehead atoms. The number of carbonyl (C=O) groups is 1. The minimum atomic E-state index is -3.45. The Hall–Kier alpha value is -2.74. The minimum Gasteiger partial charge on any atom is -0.490 e. The summed E-state index contributed by atoms with van der Waals surface area (Å²) in [5.74, 6) is 1.19. The molecule has 0 saturated carbocycles. The first kappa shape index (κ1) is 25.5. The molecule has 2 aromatic carbocycles. The van der Waals surface area contributed by atoms with E-state index in [0.29, 0.717) is 36.8 Å². The third kappa shape index (κ3) is 7.15. The fourth-order valence-corrected chi connectivity index (χ4v) is 4.45. The van der Waals surface area contributed by atoms with Crippen LogP contribution < -0.4 is 19.1 Å². The fourth-order valence-electron chi connectivity index (χ4n) is 3.43. The highest BCUT2D eigenvalue weighted by atomic mass is 32.2. The number of para-hydroxylation sites is 1. The third-order valence-corrected chi connectivity index (χ3v) is 6.17. The van der Waals surface area contributed by atoms with Crippen LogP contribution in [0.3, 0.4) is 0 Å². The van der Waals surface area contributed by atoms with Crippen molar-refractivity contribution >= 4 is 21.6 Å². The predicted octanol–water partition coefficient (Wildman–Crippen LogP) is 4.22. The number of aryl methyl sites for hydroxylation is 1. The molecule has 0 aromatic heterocycles. The van der Waals surface area contributed by atoms with Gasteiger partial charge in [-0.05, 0) is 63.4 Å². The van der Waals surface area contributed by atoms with Gasteiger partial charge in [-0.3, -0.25) is 9.10 Å². The molecule has 0 spiro atoms. The van der Waals surface area contributed by atoms with E-state index in [1.165, 1.54) is 10.6 Å². The number of benzene rings is 2. The van der Waals surface area contributed by atoms with Gasteiger partial charge in [0.1, 0.15) is 0 Å². The SMILES string of the molecule is CCOc1ccc([C@H](C)NC(=O)CCCN(c2ccccc2C)S(C)(=O)=O)cc1OCC. The highest BCUT2D eigenvalue weighted by Crippen LogP contribution is 2.31. The first-order valence-corrected chi connectivity index (χ1v) is 12.7. The van der Waals surface area contributed by atoms with Gasteiger partial charge in [-0.2, -0.15) is 0 Å². The standard InChI is InChI=1S/C24H34N2O5S/c1-6-30-22-15-14-20(17-23(22)31-7-2)19(4)25-24(27)13-10-16-26(32(5,28)29)21-12-9-8-11-18(21)3/h8-9,11-12,14-15,17,19H,6-7,10,13,16H2,1-5H3,(H,25,27)/t19-/m0/s1. The molecule has 0 radical (unpaired) electrons. The van der Waals surface area contributed by atoms with Gasteiger partial charge in [0.15, 0.2) is 11.5 Å². The number of rotatable bonds is 12. The summed E-state index contributed by atoms with van der Waals surface area (Å²) >= 11 is 0. The molecule has 0 unspecified atom stereocenters. The zero-order chi connectivity index (χ0) is 23.7. The summed E-state index contributed by atoms with van der Waals surface area (Å²) in [5.41, 5.74) is 2.42. The van der Waals surface area contributed by atoms with Crippen LogP contribution in [-0.2, 0) is 14.8 Å². The lowest BCUT2D eigenvalue weighted by Crippen LogP contribution is -2.33. The number of anilines is 1. The molecular formula is C24H34N2O5S. The maximum Gasteiger partial charge on any atom is 0.232 e. The molecule has 7 nitrogen and oxygen atoms in total. The number of nitrogens with one attached hydrogen (secondary N) is 1. The summed E-state index contributed by atoms with van der Waals surface area (Å²) in [5, 5.41) is 2.98. The average molecular weight is 463 g/mol. The second-order valence-corrected chi connectivity index (χ2v) is 9.49. The summed E-state index contributed by atoms with van der Waals surface area (Å²) in [6.07, 6.45) is 1.81. The Balaban J connectivity index is 1.98. The van der Waals surface area contributed by atoms with Crippen LogP contribution in [0, 0.1) is 6.92 Å². The van der Waals surface area contributed by atoms with Crippen molar-refractivity contribution in [3.63, 3.8) is 0 Å². The Bertz CT molecular complexity index is 1010. The zero-order valence-electron chi connectivity index (χ0n) is 19.6. The molecule has 1 N–H and O–H groups in total. The molecule has 0 aliphatic heterocycles. The Labute approximate surface area is 191 Å². The molecule has 1 amide bonds. The first-order valence-electron chi connectivity index (χ1n) is 10.9. The molecule has 0 aliphatic carbocycles. The van der Waals surface area contributed by atoms with E-state index in [1.54, 1.807) is 6.07 Å². The van der Waals surface area contributed by atoms with Crippen LogP contribution in [0.15, 0.2) is 42.5 Å².